The van der Waals surface area contributed by atoms with E-state index in [9.17, 15) is 4.79 Å². The molecule has 0 unspecified atom stereocenters. The van der Waals surface area contributed by atoms with Gasteiger partial charge in [-0.15, -0.1) is 0 Å². The van der Waals surface area contributed by atoms with Gasteiger partial charge < -0.3 is 4.74 Å². The third-order valence-electron chi connectivity index (χ3n) is 4.49. The first-order valence-corrected chi connectivity index (χ1v) is 8.86. The molecule has 4 aromatic rings. The molecule has 0 aliphatic carbocycles. The zero-order valence-corrected chi connectivity index (χ0v) is 15.3. The maximum Gasteiger partial charge on any atom is 0.344 e. The lowest BCUT2D eigenvalue weighted by Crippen LogP contribution is -2.10. The normalized spacial score (nSPS) is 10.7. The van der Waals surface area contributed by atoms with Crippen LogP contribution in [0.15, 0.2) is 78.9 Å². The Hall–Kier alpha value is -3.46. The molecule has 0 aliphatic heterocycles. The molecule has 0 N–H and O–H groups in total. The number of aryl methyl sites for hydroxylation is 2. The molecule has 0 bridgehead atoms. The Balaban J connectivity index is 1.82. The van der Waals surface area contributed by atoms with E-state index < -0.39 is 0 Å². The third kappa shape index (κ3) is 3.58. The maximum atomic E-state index is 13.0. The van der Waals surface area contributed by atoms with Gasteiger partial charge in [0.25, 0.3) is 0 Å². The number of fused-ring (bicyclic) bond motifs is 1. The fourth-order valence-corrected chi connectivity index (χ4v) is 3.03. The average molecular weight is 353 g/mol. The van der Waals surface area contributed by atoms with Crippen molar-refractivity contribution in [2.75, 3.05) is 0 Å². The zero-order valence-electron chi connectivity index (χ0n) is 15.3. The van der Waals surface area contributed by atoms with Gasteiger partial charge >= 0.3 is 5.97 Å². The summed E-state index contributed by atoms with van der Waals surface area (Å²) in [6, 6.07) is 25.0. The quantitative estimate of drug-likeness (QED) is 0.348. The minimum Gasteiger partial charge on any atom is -0.423 e. The molecule has 4 rings (SSSR count). The van der Waals surface area contributed by atoms with Gasteiger partial charge in [-0.25, -0.2) is 9.78 Å². The molecule has 0 atom stereocenters. The highest BCUT2D eigenvalue weighted by molar-refractivity contribution is 6.05. The first kappa shape index (κ1) is 17.0. The van der Waals surface area contributed by atoms with Crippen LogP contribution in [0.1, 0.15) is 21.5 Å². The van der Waals surface area contributed by atoms with Gasteiger partial charge in [0.2, 0.25) is 0 Å². The summed E-state index contributed by atoms with van der Waals surface area (Å²) in [6.45, 7) is 4.00. The van der Waals surface area contributed by atoms with Crippen LogP contribution in [0.2, 0.25) is 0 Å². The number of pyridine rings is 1. The largest absolute Gasteiger partial charge is 0.423 e. The molecule has 27 heavy (non-hydrogen) atoms. The maximum absolute atomic E-state index is 13.0. The molecule has 0 fully saturated rings. The van der Waals surface area contributed by atoms with Gasteiger partial charge in [0, 0.05) is 10.9 Å². The van der Waals surface area contributed by atoms with Crippen molar-refractivity contribution in [2.24, 2.45) is 0 Å². The van der Waals surface area contributed by atoms with Gasteiger partial charge in [-0.1, -0.05) is 59.7 Å². The Morgan fingerprint density at radius 1 is 0.815 bits per heavy atom. The standard InChI is InChI=1S/C24H19NO2/c1-16-8-11-19(12-9-16)27-24(26)21-15-23(18-6-4-3-5-7-18)25-22-13-10-17(2)14-20(21)22/h3-15H,1-2H3. The van der Waals surface area contributed by atoms with Crippen molar-refractivity contribution >= 4 is 16.9 Å². The fourth-order valence-electron chi connectivity index (χ4n) is 3.03. The van der Waals surface area contributed by atoms with Gasteiger partial charge in [0.15, 0.2) is 0 Å². The molecule has 3 heteroatoms. The number of benzene rings is 3. The summed E-state index contributed by atoms with van der Waals surface area (Å²) in [5, 5.41) is 0.798. The van der Waals surface area contributed by atoms with Crippen LogP contribution in [0.5, 0.6) is 5.75 Å². The number of esters is 1. The number of rotatable bonds is 3. The second-order valence-electron chi connectivity index (χ2n) is 6.64. The molecule has 0 amide bonds. The molecule has 1 aromatic heterocycles. The lowest BCUT2D eigenvalue weighted by Gasteiger charge is -2.11. The Kier molecular flexibility index (Phi) is 4.43. The van der Waals surface area contributed by atoms with Crippen molar-refractivity contribution in [2.45, 2.75) is 13.8 Å². The highest BCUT2D eigenvalue weighted by Gasteiger charge is 2.16. The predicted octanol–water partition coefficient (Wildman–Crippen LogP) is 5.74. The van der Waals surface area contributed by atoms with E-state index in [1.165, 1.54) is 0 Å². The summed E-state index contributed by atoms with van der Waals surface area (Å²) < 4.78 is 5.63. The molecule has 3 aromatic carbocycles. The zero-order chi connectivity index (χ0) is 18.8. The Labute approximate surface area is 158 Å². The SMILES string of the molecule is Cc1ccc(OC(=O)c2cc(-c3ccccc3)nc3ccc(C)cc23)cc1. The van der Waals surface area contributed by atoms with E-state index in [-0.39, 0.29) is 5.97 Å². The summed E-state index contributed by atoms with van der Waals surface area (Å²) >= 11 is 0. The molecular weight excluding hydrogens is 334 g/mol. The van der Waals surface area contributed by atoms with E-state index in [1.807, 2.05) is 80.6 Å². The second-order valence-corrected chi connectivity index (χ2v) is 6.64. The van der Waals surface area contributed by atoms with Crippen LogP contribution in [0.3, 0.4) is 0 Å². The Bertz CT molecular complexity index is 1120. The third-order valence-corrected chi connectivity index (χ3v) is 4.49. The smallest absolute Gasteiger partial charge is 0.344 e. The topological polar surface area (TPSA) is 39.2 Å². The van der Waals surface area contributed by atoms with Crippen molar-refractivity contribution in [1.29, 1.82) is 0 Å². The van der Waals surface area contributed by atoms with E-state index in [0.29, 0.717) is 11.3 Å². The van der Waals surface area contributed by atoms with E-state index in [4.69, 9.17) is 9.72 Å². The molecule has 0 aliphatic rings. The van der Waals surface area contributed by atoms with Crippen LogP contribution < -0.4 is 4.74 Å². The van der Waals surface area contributed by atoms with Crippen LogP contribution >= 0.6 is 0 Å². The van der Waals surface area contributed by atoms with Crippen LogP contribution in [-0.4, -0.2) is 11.0 Å². The molecule has 1 heterocycles. The summed E-state index contributed by atoms with van der Waals surface area (Å²) in [5.41, 5.74) is 5.19. The number of ether oxygens (including phenoxy) is 1. The van der Waals surface area contributed by atoms with E-state index in [1.54, 1.807) is 12.1 Å². The van der Waals surface area contributed by atoms with Crippen LogP contribution in [0.25, 0.3) is 22.2 Å². The van der Waals surface area contributed by atoms with Crippen molar-refractivity contribution in [3.63, 3.8) is 0 Å². The molecule has 0 saturated carbocycles. The molecule has 3 nitrogen and oxygen atoms in total. The van der Waals surface area contributed by atoms with Gasteiger partial charge in [0.05, 0.1) is 16.8 Å². The lowest BCUT2D eigenvalue weighted by atomic mass is 10.0. The van der Waals surface area contributed by atoms with Gasteiger partial charge in [-0.05, 0) is 44.2 Å². The van der Waals surface area contributed by atoms with Crippen molar-refractivity contribution < 1.29 is 9.53 Å². The number of carbonyl (C=O) groups excluding carboxylic acids is 1. The molecule has 0 radical (unpaired) electrons. The number of nitrogens with zero attached hydrogens (tertiary/aromatic N) is 1. The van der Waals surface area contributed by atoms with Gasteiger partial charge in [0.1, 0.15) is 5.75 Å². The first-order chi connectivity index (χ1) is 13.1. The summed E-state index contributed by atoms with van der Waals surface area (Å²) in [6.07, 6.45) is 0. The summed E-state index contributed by atoms with van der Waals surface area (Å²) in [7, 11) is 0. The predicted molar refractivity (Wildman–Crippen MR) is 108 cm³/mol. The van der Waals surface area contributed by atoms with Crippen molar-refractivity contribution in [3.05, 3.63) is 95.6 Å². The highest BCUT2D eigenvalue weighted by atomic mass is 16.5. The molecule has 0 saturated heterocycles. The minimum atomic E-state index is -0.381. The summed E-state index contributed by atoms with van der Waals surface area (Å²) in [4.78, 5) is 17.7. The van der Waals surface area contributed by atoms with Crippen molar-refractivity contribution in [1.82, 2.24) is 4.98 Å². The number of aromatic nitrogens is 1. The first-order valence-electron chi connectivity index (χ1n) is 8.86. The second kappa shape index (κ2) is 7.04. The van der Waals surface area contributed by atoms with Gasteiger partial charge in [-0.2, -0.15) is 0 Å². The molecule has 132 valence electrons. The molecule has 0 spiro atoms. The number of hydrogen-bond acceptors (Lipinski definition) is 3. The Morgan fingerprint density at radius 3 is 2.26 bits per heavy atom. The average Bonchev–Trinajstić information content (AvgIpc) is 2.69. The van der Waals surface area contributed by atoms with E-state index in [2.05, 4.69) is 0 Å². The number of hydrogen-bond donors (Lipinski definition) is 0. The van der Waals surface area contributed by atoms with E-state index >= 15 is 0 Å². The lowest BCUT2D eigenvalue weighted by molar-refractivity contribution is 0.0737. The fraction of sp³-hybridized carbons (Fsp3) is 0.0833. The van der Waals surface area contributed by atoms with Crippen LogP contribution in [-0.2, 0) is 0 Å². The number of carbonyl (C=O) groups is 1. The van der Waals surface area contributed by atoms with Gasteiger partial charge in [-0.3, -0.25) is 0 Å². The van der Waals surface area contributed by atoms with E-state index in [0.717, 1.165) is 33.3 Å². The molecular formula is C24H19NO2. The van der Waals surface area contributed by atoms with Crippen LogP contribution in [0.4, 0.5) is 0 Å². The monoisotopic (exact) mass is 353 g/mol. The van der Waals surface area contributed by atoms with Crippen LogP contribution in [0, 0.1) is 13.8 Å². The minimum absolute atomic E-state index is 0.381. The summed E-state index contributed by atoms with van der Waals surface area (Å²) in [5.74, 6) is 0.151. The highest BCUT2D eigenvalue weighted by Crippen LogP contribution is 2.27. The van der Waals surface area contributed by atoms with Crippen molar-refractivity contribution in [3.8, 4) is 17.0 Å². The Morgan fingerprint density at radius 2 is 1.52 bits per heavy atom.